The zero-order chi connectivity index (χ0) is 13.8. The number of aryl methyl sites for hydroxylation is 1. The van der Waals surface area contributed by atoms with Crippen molar-refractivity contribution in [3.63, 3.8) is 0 Å². The summed E-state index contributed by atoms with van der Waals surface area (Å²) >= 11 is 3.57. The molecule has 1 aromatic carbocycles. The topological polar surface area (TPSA) is 42.7 Å². The summed E-state index contributed by atoms with van der Waals surface area (Å²) in [6.07, 6.45) is 8.49. The maximum Gasteiger partial charge on any atom is 0.133 e. The lowest BCUT2D eigenvalue weighted by Gasteiger charge is -2.09. The van der Waals surface area contributed by atoms with Crippen LogP contribution in [0.1, 0.15) is 6.42 Å². The molecule has 0 aliphatic rings. The molecule has 0 aliphatic heterocycles. The maximum atomic E-state index is 4.43. The highest BCUT2D eigenvalue weighted by Crippen LogP contribution is 2.27. The lowest BCUT2D eigenvalue weighted by molar-refractivity contribution is 0.660. The minimum Gasteiger partial charge on any atom is -0.369 e. The van der Waals surface area contributed by atoms with Crippen LogP contribution in [0.15, 0.2) is 53.7 Å². The van der Waals surface area contributed by atoms with Crippen LogP contribution in [0.3, 0.4) is 0 Å². The van der Waals surface area contributed by atoms with E-state index < -0.39 is 0 Å². The normalized spacial score (nSPS) is 10.8. The van der Waals surface area contributed by atoms with Crippen LogP contribution in [0.4, 0.5) is 5.82 Å². The van der Waals surface area contributed by atoms with E-state index in [0.29, 0.717) is 0 Å². The number of fused-ring (bicyclic) bond motifs is 1. The van der Waals surface area contributed by atoms with Gasteiger partial charge in [0.2, 0.25) is 0 Å². The maximum absolute atomic E-state index is 4.43. The highest BCUT2D eigenvalue weighted by molar-refractivity contribution is 9.10. The van der Waals surface area contributed by atoms with Crippen molar-refractivity contribution in [2.24, 2.45) is 0 Å². The van der Waals surface area contributed by atoms with Gasteiger partial charge in [0.25, 0.3) is 0 Å². The molecule has 0 saturated heterocycles. The van der Waals surface area contributed by atoms with Gasteiger partial charge >= 0.3 is 0 Å². The van der Waals surface area contributed by atoms with Crippen molar-refractivity contribution < 1.29 is 0 Å². The molecule has 0 fully saturated rings. The first-order valence-electron chi connectivity index (χ1n) is 6.57. The van der Waals surface area contributed by atoms with E-state index in [-0.39, 0.29) is 0 Å². The Morgan fingerprint density at radius 3 is 2.95 bits per heavy atom. The quantitative estimate of drug-likeness (QED) is 0.725. The van der Waals surface area contributed by atoms with Crippen LogP contribution in [0, 0.1) is 0 Å². The Balaban J connectivity index is 1.67. The van der Waals surface area contributed by atoms with E-state index in [1.807, 2.05) is 36.9 Å². The second-order valence-corrected chi connectivity index (χ2v) is 5.43. The molecule has 20 heavy (non-hydrogen) atoms. The summed E-state index contributed by atoms with van der Waals surface area (Å²) in [5, 5.41) is 5.73. The van der Waals surface area contributed by atoms with Gasteiger partial charge in [-0.05, 0) is 18.6 Å². The van der Waals surface area contributed by atoms with Crippen molar-refractivity contribution >= 4 is 32.5 Å². The third kappa shape index (κ3) is 2.82. The first-order chi connectivity index (χ1) is 9.84. The molecule has 0 unspecified atom stereocenters. The van der Waals surface area contributed by atoms with Crippen LogP contribution < -0.4 is 5.32 Å². The number of nitrogens with one attached hydrogen (secondary N) is 1. The van der Waals surface area contributed by atoms with Gasteiger partial charge in [-0.25, -0.2) is 9.97 Å². The van der Waals surface area contributed by atoms with Crippen molar-refractivity contribution in [3.05, 3.63) is 53.7 Å². The molecule has 1 N–H and O–H groups in total. The fourth-order valence-corrected chi connectivity index (χ4v) is 2.70. The van der Waals surface area contributed by atoms with Crippen molar-refractivity contribution in [2.75, 3.05) is 11.9 Å². The average Bonchev–Trinajstić information content (AvgIpc) is 2.98. The van der Waals surface area contributed by atoms with Crippen molar-refractivity contribution in [2.45, 2.75) is 13.0 Å². The fraction of sp³-hybridized carbons (Fsp3) is 0.200. The first-order valence-corrected chi connectivity index (χ1v) is 7.37. The number of anilines is 1. The van der Waals surface area contributed by atoms with Crippen molar-refractivity contribution in [1.82, 2.24) is 14.5 Å². The van der Waals surface area contributed by atoms with Gasteiger partial charge in [0.1, 0.15) is 5.82 Å². The molecule has 4 nitrogen and oxygen atoms in total. The Morgan fingerprint density at radius 2 is 2.10 bits per heavy atom. The summed E-state index contributed by atoms with van der Waals surface area (Å²) in [5.74, 6) is 0.939. The van der Waals surface area contributed by atoms with E-state index in [1.165, 1.54) is 5.39 Å². The van der Waals surface area contributed by atoms with Crippen LogP contribution in [0.5, 0.6) is 0 Å². The largest absolute Gasteiger partial charge is 0.369 e. The van der Waals surface area contributed by atoms with E-state index in [2.05, 4.69) is 41.8 Å². The third-order valence-electron chi connectivity index (χ3n) is 3.20. The van der Waals surface area contributed by atoms with Crippen molar-refractivity contribution in [1.29, 1.82) is 0 Å². The molecule has 3 rings (SSSR count). The fourth-order valence-electron chi connectivity index (χ4n) is 2.20. The molecule has 3 aromatic rings. The molecular weight excluding hydrogens is 316 g/mol. The second kappa shape index (κ2) is 6.05. The molecule has 0 saturated carbocycles. The van der Waals surface area contributed by atoms with Crippen LogP contribution in [-0.4, -0.2) is 21.1 Å². The Hall–Kier alpha value is -1.88. The number of halogens is 1. The van der Waals surface area contributed by atoms with E-state index in [0.717, 1.165) is 35.2 Å². The van der Waals surface area contributed by atoms with Gasteiger partial charge in [0, 0.05) is 46.9 Å². The van der Waals surface area contributed by atoms with Crippen LogP contribution >= 0.6 is 15.9 Å². The molecule has 2 aromatic heterocycles. The lowest BCUT2D eigenvalue weighted by Crippen LogP contribution is -2.07. The third-order valence-corrected chi connectivity index (χ3v) is 3.89. The Labute approximate surface area is 126 Å². The zero-order valence-electron chi connectivity index (χ0n) is 11.0. The van der Waals surface area contributed by atoms with Gasteiger partial charge < -0.3 is 9.88 Å². The summed E-state index contributed by atoms with van der Waals surface area (Å²) in [5.41, 5.74) is 0. The van der Waals surface area contributed by atoms with Crippen molar-refractivity contribution in [3.8, 4) is 0 Å². The number of hydrogen-bond acceptors (Lipinski definition) is 3. The smallest absolute Gasteiger partial charge is 0.133 e. The number of benzene rings is 1. The van der Waals surface area contributed by atoms with Gasteiger partial charge in [-0.15, -0.1) is 0 Å². The summed E-state index contributed by atoms with van der Waals surface area (Å²) in [4.78, 5) is 8.47. The van der Waals surface area contributed by atoms with Gasteiger partial charge in [-0.3, -0.25) is 0 Å². The number of hydrogen-bond donors (Lipinski definition) is 1. The van der Waals surface area contributed by atoms with Crippen LogP contribution in [0.25, 0.3) is 10.8 Å². The predicted octanol–water partition coefficient (Wildman–Crippen LogP) is 3.70. The Bertz CT molecular complexity index is 694. The van der Waals surface area contributed by atoms with Gasteiger partial charge in [0.15, 0.2) is 0 Å². The minimum absolute atomic E-state index is 0.886. The SMILES string of the molecule is Brc1cccc2c(NCCCn3ccnc3)nccc12. The second-order valence-electron chi connectivity index (χ2n) is 4.58. The lowest BCUT2D eigenvalue weighted by atomic mass is 10.1. The Kier molecular flexibility index (Phi) is 3.97. The average molecular weight is 331 g/mol. The molecule has 0 radical (unpaired) electrons. The molecule has 0 aliphatic carbocycles. The molecular formula is C15H15BrN4. The molecule has 0 spiro atoms. The number of imidazole rings is 1. The van der Waals surface area contributed by atoms with Crippen LogP contribution in [0.2, 0.25) is 0 Å². The van der Waals surface area contributed by atoms with E-state index in [1.54, 1.807) is 6.20 Å². The molecule has 2 heterocycles. The summed E-state index contributed by atoms with van der Waals surface area (Å²) in [7, 11) is 0. The monoisotopic (exact) mass is 330 g/mol. The van der Waals surface area contributed by atoms with E-state index in [4.69, 9.17) is 0 Å². The summed E-state index contributed by atoms with van der Waals surface area (Å²) in [6.45, 7) is 1.85. The molecule has 5 heteroatoms. The first kappa shape index (κ1) is 13.1. The zero-order valence-corrected chi connectivity index (χ0v) is 12.5. The van der Waals surface area contributed by atoms with Gasteiger partial charge in [-0.2, -0.15) is 0 Å². The van der Waals surface area contributed by atoms with E-state index >= 15 is 0 Å². The summed E-state index contributed by atoms with van der Waals surface area (Å²) < 4.78 is 3.17. The Morgan fingerprint density at radius 1 is 1.15 bits per heavy atom. The van der Waals surface area contributed by atoms with Gasteiger partial charge in [-0.1, -0.05) is 28.1 Å². The molecule has 102 valence electrons. The molecule has 0 amide bonds. The number of nitrogens with zero attached hydrogens (tertiary/aromatic N) is 3. The van der Waals surface area contributed by atoms with Gasteiger partial charge in [0.05, 0.1) is 6.33 Å². The molecule has 0 atom stereocenters. The standard InChI is InChI=1S/C15H15BrN4/c16-14-4-1-3-13-12(14)5-7-19-15(13)18-6-2-9-20-10-8-17-11-20/h1,3-5,7-8,10-11H,2,6,9H2,(H,18,19). The highest BCUT2D eigenvalue weighted by atomic mass is 79.9. The summed E-state index contributed by atoms with van der Waals surface area (Å²) in [6, 6.07) is 8.19. The predicted molar refractivity (Wildman–Crippen MR) is 84.8 cm³/mol. The highest BCUT2D eigenvalue weighted by Gasteiger charge is 2.03. The van der Waals surface area contributed by atoms with E-state index in [9.17, 15) is 0 Å². The van der Waals surface area contributed by atoms with Crippen LogP contribution in [-0.2, 0) is 6.54 Å². The number of rotatable bonds is 5. The minimum atomic E-state index is 0.886. The number of aromatic nitrogens is 3. The number of pyridine rings is 1. The molecule has 0 bridgehead atoms.